The third kappa shape index (κ3) is 6.37. The van der Waals surface area contributed by atoms with E-state index in [1.54, 1.807) is 7.85 Å². The van der Waals surface area contributed by atoms with Crippen molar-refractivity contribution in [2.75, 3.05) is 20.6 Å². The molecule has 12 heavy (non-hydrogen) atoms. The molecule has 3 nitrogen and oxygen atoms in total. The van der Waals surface area contributed by atoms with Crippen LogP contribution in [0.15, 0.2) is 0 Å². The number of rotatable bonds is 6. The Bertz CT molecular complexity index is 139. The van der Waals surface area contributed by atoms with Crippen molar-refractivity contribution in [1.29, 1.82) is 0 Å². The topological polar surface area (TPSA) is 46.3 Å². The second kappa shape index (κ2) is 6.20. The summed E-state index contributed by atoms with van der Waals surface area (Å²) in [5, 5.41) is 0. The number of unbranched alkanes of at least 4 members (excludes halogenated alkanes) is 1. The van der Waals surface area contributed by atoms with Gasteiger partial charge in [0.2, 0.25) is 0 Å². The number of nitrogens with two attached hydrogens (primary N) is 1. The van der Waals surface area contributed by atoms with Crippen molar-refractivity contribution < 1.29 is 4.79 Å². The SMILES string of the molecule is BC(=O)[C@@H](N)CCCCN(C)C. The zero-order valence-corrected chi connectivity index (χ0v) is 8.34. The molecular weight excluding hydrogens is 151 g/mol. The summed E-state index contributed by atoms with van der Waals surface area (Å²) in [5.74, 6) is 0. The number of carbonyl (C=O) groups is 1. The van der Waals surface area contributed by atoms with Crippen molar-refractivity contribution in [3.63, 3.8) is 0 Å². The summed E-state index contributed by atoms with van der Waals surface area (Å²) < 4.78 is 0. The molecule has 70 valence electrons. The van der Waals surface area contributed by atoms with Crippen molar-refractivity contribution in [2.45, 2.75) is 25.3 Å². The fourth-order valence-corrected chi connectivity index (χ4v) is 0.996. The van der Waals surface area contributed by atoms with Gasteiger partial charge in [-0.1, -0.05) is 6.42 Å². The van der Waals surface area contributed by atoms with Gasteiger partial charge in [0.05, 0.1) is 11.7 Å². The first kappa shape index (κ1) is 11.7. The average Bonchev–Trinajstić information content (AvgIpc) is 1.97. The van der Waals surface area contributed by atoms with Gasteiger partial charge < -0.3 is 15.4 Å². The monoisotopic (exact) mass is 170 g/mol. The van der Waals surface area contributed by atoms with E-state index in [1.807, 2.05) is 14.1 Å². The molecule has 0 aliphatic rings. The molecule has 0 rings (SSSR count). The first-order chi connectivity index (χ1) is 5.54. The highest BCUT2D eigenvalue weighted by Gasteiger charge is 2.06. The van der Waals surface area contributed by atoms with Crippen LogP contribution in [0.4, 0.5) is 0 Å². The molecule has 0 amide bonds. The minimum Gasteiger partial charge on any atom is -0.322 e. The summed E-state index contributed by atoms with van der Waals surface area (Å²) in [7, 11) is 5.65. The van der Waals surface area contributed by atoms with E-state index in [2.05, 4.69) is 4.90 Å². The first-order valence-electron chi connectivity index (χ1n) is 4.45. The van der Waals surface area contributed by atoms with Crippen molar-refractivity contribution in [2.24, 2.45) is 5.73 Å². The fraction of sp³-hybridized carbons (Fsp3) is 0.875. The van der Waals surface area contributed by atoms with Gasteiger partial charge in [0.15, 0.2) is 7.85 Å². The van der Waals surface area contributed by atoms with Crippen LogP contribution < -0.4 is 5.73 Å². The Morgan fingerprint density at radius 3 is 2.50 bits per heavy atom. The lowest BCUT2D eigenvalue weighted by molar-refractivity contribution is -0.113. The van der Waals surface area contributed by atoms with Gasteiger partial charge in [-0.05, 0) is 33.5 Å². The molecule has 0 aromatic carbocycles. The molecular formula is C8H19BN2O. The Labute approximate surface area is 75.7 Å². The minimum atomic E-state index is -0.243. The van der Waals surface area contributed by atoms with Gasteiger partial charge in [-0.25, -0.2) is 0 Å². The largest absolute Gasteiger partial charge is 0.322 e. The van der Waals surface area contributed by atoms with Crippen LogP contribution in [-0.2, 0) is 4.79 Å². The summed E-state index contributed by atoms with van der Waals surface area (Å²) in [4.78, 5) is 12.9. The summed E-state index contributed by atoms with van der Waals surface area (Å²) in [5.41, 5.74) is 5.67. The standard InChI is InChI=1S/C8H19BN2O/c1-11(2)6-4-3-5-7(10)8(9)12/h7H,3-6,9-10H2,1-2H3/t7-/m0/s1. The molecule has 0 heterocycles. The molecule has 0 aromatic heterocycles. The van der Waals surface area contributed by atoms with Crippen LogP contribution >= 0.6 is 0 Å². The van der Waals surface area contributed by atoms with Crippen molar-refractivity contribution >= 4 is 13.5 Å². The molecule has 0 aliphatic carbocycles. The third-order valence-corrected chi connectivity index (χ3v) is 1.89. The van der Waals surface area contributed by atoms with Gasteiger partial charge in [0, 0.05) is 0 Å². The van der Waals surface area contributed by atoms with Gasteiger partial charge in [-0.15, -0.1) is 0 Å². The van der Waals surface area contributed by atoms with E-state index in [4.69, 9.17) is 5.73 Å². The maximum atomic E-state index is 10.7. The van der Waals surface area contributed by atoms with E-state index < -0.39 is 0 Å². The maximum absolute atomic E-state index is 10.7. The Balaban J connectivity index is 3.25. The van der Waals surface area contributed by atoms with Gasteiger partial charge in [-0.3, -0.25) is 0 Å². The molecule has 0 unspecified atom stereocenters. The highest BCUT2D eigenvalue weighted by molar-refractivity contribution is 6.59. The smallest absolute Gasteiger partial charge is 0.189 e. The molecule has 0 saturated heterocycles. The number of hydrogen-bond acceptors (Lipinski definition) is 3. The van der Waals surface area contributed by atoms with Gasteiger partial charge in [0.25, 0.3) is 0 Å². The minimum absolute atomic E-state index is 0.0971. The molecule has 1 atom stereocenters. The van der Waals surface area contributed by atoms with Crippen LogP contribution in [-0.4, -0.2) is 45.1 Å². The molecule has 4 heteroatoms. The number of hydrogen-bond donors (Lipinski definition) is 1. The molecule has 0 bridgehead atoms. The van der Waals surface area contributed by atoms with Crippen LogP contribution in [0.5, 0.6) is 0 Å². The maximum Gasteiger partial charge on any atom is 0.189 e. The Hall–Kier alpha value is -0.345. The predicted octanol–water partition coefficient (Wildman–Crippen LogP) is -0.795. The summed E-state index contributed by atoms with van der Waals surface area (Å²) >= 11 is 0. The lowest BCUT2D eigenvalue weighted by Crippen LogP contribution is -2.30. The fourth-order valence-electron chi connectivity index (χ4n) is 0.996. The van der Waals surface area contributed by atoms with Gasteiger partial charge in [0.1, 0.15) is 0 Å². The number of nitrogens with zero attached hydrogens (tertiary/aromatic N) is 1. The second-order valence-electron chi connectivity index (χ2n) is 3.52. The molecule has 0 spiro atoms. The molecule has 0 saturated carbocycles. The van der Waals surface area contributed by atoms with Crippen LogP contribution in [0.1, 0.15) is 19.3 Å². The zero-order chi connectivity index (χ0) is 9.56. The molecule has 0 aromatic rings. The average molecular weight is 170 g/mol. The van der Waals surface area contributed by atoms with Crippen LogP contribution in [0, 0.1) is 0 Å². The number of carbonyl (C=O) groups excluding carboxylic acids is 1. The quantitative estimate of drug-likeness (QED) is 0.419. The zero-order valence-electron chi connectivity index (χ0n) is 8.34. The summed E-state index contributed by atoms with van der Waals surface area (Å²) in [6, 6.07) is -0.243. The van der Waals surface area contributed by atoms with Gasteiger partial charge in [-0.2, -0.15) is 0 Å². The molecule has 2 N–H and O–H groups in total. The first-order valence-corrected chi connectivity index (χ1v) is 4.45. The van der Waals surface area contributed by atoms with E-state index in [0.29, 0.717) is 0 Å². The van der Waals surface area contributed by atoms with E-state index in [0.717, 1.165) is 25.8 Å². The van der Waals surface area contributed by atoms with E-state index in [9.17, 15) is 4.79 Å². The molecule has 0 radical (unpaired) electrons. The Morgan fingerprint density at radius 1 is 1.50 bits per heavy atom. The lowest BCUT2D eigenvalue weighted by atomic mass is 9.92. The van der Waals surface area contributed by atoms with E-state index in [-0.39, 0.29) is 11.7 Å². The molecule has 0 fully saturated rings. The summed E-state index contributed by atoms with van der Waals surface area (Å²) in [6.45, 7) is 1.07. The normalized spacial score (nSPS) is 13.3. The van der Waals surface area contributed by atoms with Crippen molar-refractivity contribution in [3.8, 4) is 0 Å². The Kier molecular flexibility index (Phi) is 6.02. The van der Waals surface area contributed by atoms with E-state index >= 15 is 0 Å². The van der Waals surface area contributed by atoms with Crippen molar-refractivity contribution in [1.82, 2.24) is 4.90 Å². The third-order valence-electron chi connectivity index (χ3n) is 1.89. The highest BCUT2D eigenvalue weighted by Crippen LogP contribution is 1.99. The van der Waals surface area contributed by atoms with Gasteiger partial charge >= 0.3 is 0 Å². The lowest BCUT2D eigenvalue weighted by Gasteiger charge is -2.10. The van der Waals surface area contributed by atoms with Crippen LogP contribution in [0.2, 0.25) is 0 Å². The summed E-state index contributed by atoms with van der Waals surface area (Å²) in [6.07, 6.45) is 2.98. The van der Waals surface area contributed by atoms with Crippen molar-refractivity contribution in [3.05, 3.63) is 0 Å². The Morgan fingerprint density at radius 2 is 2.08 bits per heavy atom. The molecule has 0 aliphatic heterocycles. The van der Waals surface area contributed by atoms with Crippen LogP contribution in [0.25, 0.3) is 0 Å². The van der Waals surface area contributed by atoms with E-state index in [1.165, 1.54) is 0 Å². The van der Waals surface area contributed by atoms with Crippen LogP contribution in [0.3, 0.4) is 0 Å². The predicted molar refractivity (Wildman–Crippen MR) is 53.9 cm³/mol. The second-order valence-corrected chi connectivity index (χ2v) is 3.52. The highest BCUT2D eigenvalue weighted by atomic mass is 16.1.